The van der Waals surface area contributed by atoms with Gasteiger partial charge in [0.25, 0.3) is 0 Å². The first-order chi connectivity index (χ1) is 10.3. The summed E-state index contributed by atoms with van der Waals surface area (Å²) in [4.78, 5) is 11.6. The summed E-state index contributed by atoms with van der Waals surface area (Å²) < 4.78 is 29.0. The van der Waals surface area contributed by atoms with Gasteiger partial charge in [-0.2, -0.15) is 0 Å². The van der Waals surface area contributed by atoms with E-state index in [-0.39, 0.29) is 19.0 Å². The molecule has 5 nitrogen and oxygen atoms in total. The van der Waals surface area contributed by atoms with Crippen molar-refractivity contribution in [3.63, 3.8) is 0 Å². The zero-order chi connectivity index (χ0) is 16.6. The number of benzene rings is 1. The van der Waals surface area contributed by atoms with Crippen LogP contribution in [0.4, 0.5) is 9.18 Å². The molecule has 1 rings (SSSR count). The standard InChI is InChI=1S/C16H24FNO4/c1-16(2,3)22-15(19)18-10-12-5-6-14(17)13(9-12)11-21-8-7-20-4/h5-6,9H,7-8,10-11H2,1-4H3,(H,18,19). The molecule has 0 bridgehead atoms. The fraction of sp³-hybridized carbons (Fsp3) is 0.562. The number of nitrogens with one attached hydrogen (secondary N) is 1. The molecule has 6 heteroatoms. The largest absolute Gasteiger partial charge is 0.444 e. The van der Waals surface area contributed by atoms with Crippen molar-refractivity contribution in [2.24, 2.45) is 0 Å². The zero-order valence-corrected chi connectivity index (χ0v) is 13.6. The van der Waals surface area contributed by atoms with Gasteiger partial charge in [0.1, 0.15) is 11.4 Å². The van der Waals surface area contributed by atoms with Crippen molar-refractivity contribution in [1.82, 2.24) is 5.32 Å². The minimum Gasteiger partial charge on any atom is -0.444 e. The Hall–Kier alpha value is -1.66. The predicted octanol–water partition coefficient (Wildman–Crippen LogP) is 3.01. The third-order valence-corrected chi connectivity index (χ3v) is 2.64. The maximum absolute atomic E-state index is 13.7. The first-order valence-electron chi connectivity index (χ1n) is 7.12. The van der Waals surface area contributed by atoms with Crippen LogP contribution in [-0.4, -0.2) is 32.0 Å². The Morgan fingerprint density at radius 3 is 2.64 bits per heavy atom. The monoisotopic (exact) mass is 313 g/mol. The minimum atomic E-state index is -0.548. The highest BCUT2D eigenvalue weighted by atomic mass is 19.1. The van der Waals surface area contributed by atoms with Crippen molar-refractivity contribution in [2.75, 3.05) is 20.3 Å². The number of carbonyl (C=O) groups excluding carboxylic acids is 1. The molecule has 0 fully saturated rings. The predicted molar refractivity (Wildman–Crippen MR) is 81.0 cm³/mol. The summed E-state index contributed by atoms with van der Waals surface area (Å²) in [7, 11) is 1.58. The SMILES string of the molecule is COCCOCc1cc(CNC(=O)OC(C)(C)C)ccc1F. The van der Waals surface area contributed by atoms with Gasteiger partial charge in [0, 0.05) is 19.2 Å². The summed E-state index contributed by atoms with van der Waals surface area (Å²) in [6, 6.07) is 4.64. The topological polar surface area (TPSA) is 56.8 Å². The van der Waals surface area contributed by atoms with Crippen LogP contribution >= 0.6 is 0 Å². The summed E-state index contributed by atoms with van der Waals surface area (Å²) in [5.74, 6) is -0.335. The molecule has 1 amide bonds. The van der Waals surface area contributed by atoms with Gasteiger partial charge < -0.3 is 19.5 Å². The molecule has 0 spiro atoms. The maximum Gasteiger partial charge on any atom is 0.407 e. The molecule has 0 saturated heterocycles. The van der Waals surface area contributed by atoms with Crippen LogP contribution < -0.4 is 5.32 Å². The van der Waals surface area contributed by atoms with Crippen LogP contribution in [0.1, 0.15) is 31.9 Å². The highest BCUT2D eigenvalue weighted by Gasteiger charge is 2.15. The Bertz CT molecular complexity index is 486. The summed E-state index contributed by atoms with van der Waals surface area (Å²) in [6.07, 6.45) is -0.505. The average Bonchev–Trinajstić information content (AvgIpc) is 2.42. The van der Waals surface area contributed by atoms with Crippen LogP contribution in [0, 0.1) is 5.82 Å². The van der Waals surface area contributed by atoms with E-state index in [4.69, 9.17) is 14.2 Å². The van der Waals surface area contributed by atoms with Crippen molar-refractivity contribution >= 4 is 6.09 Å². The van der Waals surface area contributed by atoms with Crippen LogP contribution in [0.3, 0.4) is 0 Å². The second kappa shape index (κ2) is 8.70. The maximum atomic E-state index is 13.7. The fourth-order valence-electron chi connectivity index (χ4n) is 1.66. The highest BCUT2D eigenvalue weighted by Crippen LogP contribution is 2.12. The van der Waals surface area contributed by atoms with Gasteiger partial charge in [-0.25, -0.2) is 9.18 Å². The number of hydrogen-bond acceptors (Lipinski definition) is 4. The van der Waals surface area contributed by atoms with Crippen molar-refractivity contribution < 1.29 is 23.4 Å². The molecular weight excluding hydrogens is 289 g/mol. The zero-order valence-electron chi connectivity index (χ0n) is 13.6. The van der Waals surface area contributed by atoms with E-state index in [1.807, 2.05) is 0 Å². The van der Waals surface area contributed by atoms with Gasteiger partial charge in [-0.15, -0.1) is 0 Å². The van der Waals surface area contributed by atoms with E-state index in [0.717, 1.165) is 5.56 Å². The normalized spacial score (nSPS) is 11.3. The van der Waals surface area contributed by atoms with Crippen molar-refractivity contribution in [2.45, 2.75) is 39.5 Å². The molecule has 0 aliphatic heterocycles. The van der Waals surface area contributed by atoms with Crippen LogP contribution in [0.25, 0.3) is 0 Å². The molecule has 22 heavy (non-hydrogen) atoms. The van der Waals surface area contributed by atoms with E-state index < -0.39 is 11.7 Å². The van der Waals surface area contributed by atoms with Crippen LogP contribution in [-0.2, 0) is 27.4 Å². The average molecular weight is 313 g/mol. The van der Waals surface area contributed by atoms with E-state index in [1.165, 1.54) is 6.07 Å². The lowest BCUT2D eigenvalue weighted by molar-refractivity contribution is 0.0523. The lowest BCUT2D eigenvalue weighted by Crippen LogP contribution is -2.32. The number of alkyl carbamates (subject to hydrolysis) is 1. The lowest BCUT2D eigenvalue weighted by atomic mass is 10.1. The Labute approximate surface area is 130 Å². The van der Waals surface area contributed by atoms with Gasteiger partial charge in [0.2, 0.25) is 0 Å². The van der Waals surface area contributed by atoms with Crippen LogP contribution in [0.5, 0.6) is 0 Å². The van der Waals surface area contributed by atoms with Gasteiger partial charge in [-0.05, 0) is 38.5 Å². The molecule has 1 N–H and O–H groups in total. The molecule has 0 aliphatic carbocycles. The van der Waals surface area contributed by atoms with Gasteiger partial charge in [0.05, 0.1) is 19.8 Å². The number of amides is 1. The van der Waals surface area contributed by atoms with E-state index >= 15 is 0 Å². The van der Waals surface area contributed by atoms with Gasteiger partial charge in [-0.3, -0.25) is 0 Å². The number of rotatable bonds is 7. The molecule has 0 saturated carbocycles. The van der Waals surface area contributed by atoms with Crippen molar-refractivity contribution in [3.8, 4) is 0 Å². The number of carbonyl (C=O) groups is 1. The van der Waals surface area contributed by atoms with Crippen LogP contribution in [0.15, 0.2) is 18.2 Å². The van der Waals surface area contributed by atoms with E-state index in [0.29, 0.717) is 18.8 Å². The summed E-state index contributed by atoms with van der Waals surface area (Å²) in [5.41, 5.74) is 0.671. The molecular formula is C16H24FNO4. The fourth-order valence-corrected chi connectivity index (χ4v) is 1.66. The van der Waals surface area contributed by atoms with E-state index in [2.05, 4.69) is 5.32 Å². The molecule has 1 aromatic rings. The second-order valence-corrected chi connectivity index (χ2v) is 5.83. The van der Waals surface area contributed by atoms with Gasteiger partial charge in [-0.1, -0.05) is 6.07 Å². The summed E-state index contributed by atoms with van der Waals surface area (Å²) >= 11 is 0. The Morgan fingerprint density at radius 1 is 1.27 bits per heavy atom. The first kappa shape index (κ1) is 18.4. The summed E-state index contributed by atoms with van der Waals surface area (Å²) in [6.45, 7) is 6.66. The molecule has 124 valence electrons. The molecule has 0 heterocycles. The van der Waals surface area contributed by atoms with Gasteiger partial charge in [0.15, 0.2) is 0 Å². The quantitative estimate of drug-likeness (QED) is 0.786. The summed E-state index contributed by atoms with van der Waals surface area (Å²) in [5, 5.41) is 2.63. The Morgan fingerprint density at radius 2 is 2.00 bits per heavy atom. The van der Waals surface area contributed by atoms with Gasteiger partial charge >= 0.3 is 6.09 Å². The molecule has 0 atom stereocenters. The molecule has 0 aliphatic rings. The van der Waals surface area contributed by atoms with Crippen LogP contribution in [0.2, 0.25) is 0 Å². The second-order valence-electron chi connectivity index (χ2n) is 5.83. The molecule has 1 aromatic carbocycles. The highest BCUT2D eigenvalue weighted by molar-refractivity contribution is 5.67. The third kappa shape index (κ3) is 7.38. The molecule has 0 unspecified atom stereocenters. The molecule has 0 radical (unpaired) electrons. The Balaban J connectivity index is 2.52. The van der Waals surface area contributed by atoms with Crippen molar-refractivity contribution in [1.29, 1.82) is 0 Å². The van der Waals surface area contributed by atoms with E-state index in [1.54, 1.807) is 40.0 Å². The first-order valence-corrected chi connectivity index (χ1v) is 7.12. The number of hydrogen-bond donors (Lipinski definition) is 1. The number of methoxy groups -OCH3 is 1. The smallest absolute Gasteiger partial charge is 0.407 e. The molecule has 0 aromatic heterocycles. The van der Waals surface area contributed by atoms with E-state index in [9.17, 15) is 9.18 Å². The third-order valence-electron chi connectivity index (χ3n) is 2.64. The number of ether oxygens (including phenoxy) is 3. The Kier molecular flexibility index (Phi) is 7.27. The number of halogens is 1. The minimum absolute atomic E-state index is 0.162. The van der Waals surface area contributed by atoms with Crippen molar-refractivity contribution in [3.05, 3.63) is 35.1 Å². The lowest BCUT2D eigenvalue weighted by Gasteiger charge is -2.19.